The van der Waals surface area contributed by atoms with Gasteiger partial charge in [0, 0.05) is 0 Å². The van der Waals surface area contributed by atoms with Crippen LogP contribution in [0.15, 0.2) is 12.1 Å². The Bertz CT molecular complexity index is 473. The van der Waals surface area contributed by atoms with E-state index in [9.17, 15) is 15.0 Å². The first-order valence-electron chi connectivity index (χ1n) is 9.26. The van der Waals surface area contributed by atoms with Crippen molar-refractivity contribution in [2.24, 2.45) is 0 Å². The summed E-state index contributed by atoms with van der Waals surface area (Å²) in [6.07, 6.45) is 12.4. The fourth-order valence-corrected chi connectivity index (χ4v) is 2.72. The molecule has 2 N–H and O–H groups in total. The largest absolute Gasteiger partial charge is 0.504 e. The van der Waals surface area contributed by atoms with Gasteiger partial charge in [-0.25, -0.2) is 4.79 Å². The van der Waals surface area contributed by atoms with E-state index in [4.69, 9.17) is 4.74 Å². The summed E-state index contributed by atoms with van der Waals surface area (Å²) in [5.74, 6) is -0.938. The van der Waals surface area contributed by atoms with E-state index in [2.05, 4.69) is 6.92 Å². The number of hydrogen-bond acceptors (Lipinski definition) is 4. The molecule has 0 unspecified atom stereocenters. The Morgan fingerprint density at radius 2 is 1.46 bits per heavy atom. The maximum Gasteiger partial charge on any atom is 0.338 e. The van der Waals surface area contributed by atoms with Crippen LogP contribution in [0.1, 0.15) is 87.1 Å². The van der Waals surface area contributed by atoms with E-state index in [1.807, 2.05) is 0 Å². The molecule has 0 amide bonds. The third kappa shape index (κ3) is 7.71. The van der Waals surface area contributed by atoms with Crippen LogP contribution in [-0.2, 0) is 4.74 Å². The van der Waals surface area contributed by atoms with Crippen LogP contribution in [0.5, 0.6) is 11.5 Å². The van der Waals surface area contributed by atoms with Gasteiger partial charge in [0.15, 0.2) is 11.5 Å². The molecule has 0 fully saturated rings. The number of rotatable bonds is 12. The van der Waals surface area contributed by atoms with Crippen molar-refractivity contribution < 1.29 is 19.7 Å². The van der Waals surface area contributed by atoms with E-state index in [0.717, 1.165) is 12.8 Å². The van der Waals surface area contributed by atoms with E-state index in [-0.39, 0.29) is 17.1 Å². The van der Waals surface area contributed by atoms with Crippen molar-refractivity contribution in [1.29, 1.82) is 0 Å². The van der Waals surface area contributed by atoms with Gasteiger partial charge < -0.3 is 14.9 Å². The number of hydrogen-bond donors (Lipinski definition) is 2. The zero-order valence-corrected chi connectivity index (χ0v) is 15.1. The Balaban J connectivity index is 2.08. The number of benzene rings is 1. The molecule has 0 aliphatic heterocycles. The minimum absolute atomic E-state index is 0.193. The lowest BCUT2D eigenvalue weighted by molar-refractivity contribution is 0.0497. The van der Waals surface area contributed by atoms with Crippen LogP contribution in [0.4, 0.5) is 0 Å². The monoisotopic (exact) mass is 336 g/mol. The van der Waals surface area contributed by atoms with E-state index >= 15 is 0 Å². The highest BCUT2D eigenvalue weighted by atomic mass is 16.5. The number of phenolic OH excluding ortho intramolecular Hbond substituents is 2. The maximum atomic E-state index is 11.9. The van der Waals surface area contributed by atoms with Crippen molar-refractivity contribution in [3.8, 4) is 11.5 Å². The lowest BCUT2D eigenvalue weighted by Gasteiger charge is -2.08. The SMILES string of the molecule is CCCCCCCCCCCCOC(=O)c1cc(C)c(O)c(O)c1. The van der Waals surface area contributed by atoms with Crippen molar-refractivity contribution in [3.63, 3.8) is 0 Å². The van der Waals surface area contributed by atoms with Crippen molar-refractivity contribution in [2.45, 2.75) is 78.1 Å². The molecule has 0 saturated heterocycles. The number of aryl methyl sites for hydroxylation is 1. The number of esters is 1. The minimum atomic E-state index is -0.454. The molecule has 0 aliphatic carbocycles. The standard InChI is InChI=1S/C20H32O4/c1-3-4-5-6-7-8-9-10-11-12-13-24-20(23)17-14-16(2)19(22)18(21)15-17/h14-15,21-22H,3-13H2,1-2H3. The topological polar surface area (TPSA) is 66.8 Å². The summed E-state index contributed by atoms with van der Waals surface area (Å²) >= 11 is 0. The number of aromatic hydroxyl groups is 2. The van der Waals surface area contributed by atoms with E-state index in [1.54, 1.807) is 6.92 Å². The summed E-state index contributed by atoms with van der Waals surface area (Å²) in [6.45, 7) is 4.27. The Kier molecular flexibility index (Phi) is 9.97. The van der Waals surface area contributed by atoms with Crippen LogP contribution in [0.2, 0.25) is 0 Å². The second-order valence-electron chi connectivity index (χ2n) is 6.48. The third-order valence-electron chi connectivity index (χ3n) is 4.25. The second-order valence-corrected chi connectivity index (χ2v) is 6.48. The molecule has 0 atom stereocenters. The summed E-state index contributed by atoms with van der Waals surface area (Å²) < 4.78 is 5.22. The van der Waals surface area contributed by atoms with Crippen molar-refractivity contribution in [3.05, 3.63) is 23.3 Å². The normalized spacial score (nSPS) is 10.8. The highest BCUT2D eigenvalue weighted by Gasteiger charge is 2.12. The first-order chi connectivity index (χ1) is 11.6. The molecular weight excluding hydrogens is 304 g/mol. The zero-order valence-electron chi connectivity index (χ0n) is 15.1. The van der Waals surface area contributed by atoms with Gasteiger partial charge in [-0.05, 0) is 31.0 Å². The fourth-order valence-electron chi connectivity index (χ4n) is 2.72. The van der Waals surface area contributed by atoms with Gasteiger partial charge in [0.1, 0.15) is 0 Å². The number of phenols is 2. The Hall–Kier alpha value is -1.71. The second kappa shape index (κ2) is 11.8. The van der Waals surface area contributed by atoms with Crippen molar-refractivity contribution in [1.82, 2.24) is 0 Å². The molecular formula is C20H32O4. The number of carbonyl (C=O) groups excluding carboxylic acids is 1. The van der Waals surface area contributed by atoms with E-state index < -0.39 is 5.97 Å². The van der Waals surface area contributed by atoms with Crippen LogP contribution in [0, 0.1) is 6.92 Å². The molecule has 1 rings (SSSR count). The van der Waals surface area contributed by atoms with Gasteiger partial charge in [-0.15, -0.1) is 0 Å². The van der Waals surface area contributed by atoms with Gasteiger partial charge in [0.25, 0.3) is 0 Å². The lowest BCUT2D eigenvalue weighted by atomic mass is 10.1. The van der Waals surface area contributed by atoms with Crippen molar-refractivity contribution in [2.75, 3.05) is 6.61 Å². The average molecular weight is 336 g/mol. The Labute approximate surface area is 145 Å². The predicted octanol–water partition coefficient (Wildman–Crippen LogP) is 5.48. The van der Waals surface area contributed by atoms with Crippen LogP contribution in [0.25, 0.3) is 0 Å². The molecule has 0 bridgehead atoms. The molecule has 4 nitrogen and oxygen atoms in total. The molecule has 0 heterocycles. The van der Waals surface area contributed by atoms with Gasteiger partial charge in [0.05, 0.1) is 12.2 Å². The van der Waals surface area contributed by atoms with Crippen LogP contribution in [-0.4, -0.2) is 22.8 Å². The van der Waals surface area contributed by atoms with Crippen LogP contribution in [0.3, 0.4) is 0 Å². The number of unbranched alkanes of at least 4 members (excludes halogenated alkanes) is 9. The highest BCUT2D eigenvalue weighted by molar-refractivity contribution is 5.90. The molecule has 0 aliphatic rings. The Morgan fingerprint density at radius 3 is 2.00 bits per heavy atom. The maximum absolute atomic E-state index is 11.9. The van der Waals surface area contributed by atoms with Crippen molar-refractivity contribution >= 4 is 5.97 Å². The van der Waals surface area contributed by atoms with Crippen LogP contribution >= 0.6 is 0 Å². The molecule has 0 radical (unpaired) electrons. The van der Waals surface area contributed by atoms with E-state index in [1.165, 1.54) is 63.5 Å². The molecule has 1 aromatic rings. The Morgan fingerprint density at radius 1 is 0.917 bits per heavy atom. The molecule has 0 aromatic heterocycles. The lowest BCUT2D eigenvalue weighted by Crippen LogP contribution is -2.06. The smallest absolute Gasteiger partial charge is 0.338 e. The summed E-state index contributed by atoms with van der Waals surface area (Å²) in [5.41, 5.74) is 0.732. The molecule has 0 saturated carbocycles. The van der Waals surface area contributed by atoms with Gasteiger partial charge in [-0.3, -0.25) is 0 Å². The third-order valence-corrected chi connectivity index (χ3v) is 4.25. The van der Waals surface area contributed by atoms with Gasteiger partial charge >= 0.3 is 5.97 Å². The first kappa shape index (κ1) is 20.3. The van der Waals surface area contributed by atoms with Crippen LogP contribution < -0.4 is 0 Å². The molecule has 24 heavy (non-hydrogen) atoms. The number of ether oxygens (including phenoxy) is 1. The predicted molar refractivity (Wildman–Crippen MR) is 96.6 cm³/mol. The molecule has 0 spiro atoms. The highest BCUT2D eigenvalue weighted by Crippen LogP contribution is 2.29. The molecule has 136 valence electrons. The summed E-state index contributed by atoms with van der Waals surface area (Å²) in [7, 11) is 0. The van der Waals surface area contributed by atoms with E-state index in [0.29, 0.717) is 12.2 Å². The minimum Gasteiger partial charge on any atom is -0.504 e. The average Bonchev–Trinajstić information content (AvgIpc) is 2.56. The zero-order chi connectivity index (χ0) is 17.8. The summed E-state index contributed by atoms with van der Waals surface area (Å²) in [4.78, 5) is 11.9. The molecule has 4 heteroatoms. The van der Waals surface area contributed by atoms with Gasteiger partial charge in [-0.2, -0.15) is 0 Å². The summed E-state index contributed by atoms with van der Waals surface area (Å²) in [5, 5.41) is 19.0. The first-order valence-corrected chi connectivity index (χ1v) is 9.26. The molecule has 1 aromatic carbocycles. The van der Waals surface area contributed by atoms with Gasteiger partial charge in [-0.1, -0.05) is 64.7 Å². The quantitative estimate of drug-likeness (QED) is 0.301. The fraction of sp³-hybridized carbons (Fsp3) is 0.650. The number of carbonyl (C=O) groups is 1. The van der Waals surface area contributed by atoms with Gasteiger partial charge in [0.2, 0.25) is 0 Å². The summed E-state index contributed by atoms with van der Waals surface area (Å²) in [6, 6.07) is 2.76.